The maximum atomic E-state index is 14.2. The van der Waals surface area contributed by atoms with Gasteiger partial charge < -0.3 is 15.4 Å². The van der Waals surface area contributed by atoms with Crippen LogP contribution in [0, 0.1) is 5.95 Å². The maximum absolute atomic E-state index is 14.2. The number of hydrogen-bond acceptors (Lipinski definition) is 7. The molecule has 2 aromatic carbocycles. The molecule has 4 rings (SSSR count). The lowest BCUT2D eigenvalue weighted by atomic mass is 10.2. The minimum absolute atomic E-state index is 0.263. The summed E-state index contributed by atoms with van der Waals surface area (Å²) in [6.45, 7) is 0. The van der Waals surface area contributed by atoms with Crippen LogP contribution in [-0.4, -0.2) is 34.2 Å². The van der Waals surface area contributed by atoms with Gasteiger partial charge in [-0.1, -0.05) is 12.1 Å². The summed E-state index contributed by atoms with van der Waals surface area (Å²) in [6, 6.07) is 17.3. The van der Waals surface area contributed by atoms with Gasteiger partial charge >= 0.3 is 0 Å². The molecule has 1 amide bonds. The number of amides is 1. The zero-order valence-corrected chi connectivity index (χ0v) is 18.7. The third-order valence-electron chi connectivity index (χ3n) is 4.75. The zero-order valence-electron chi connectivity index (χ0n) is 17.9. The molecule has 9 heteroatoms. The van der Waals surface area contributed by atoms with E-state index < -0.39 is 5.95 Å². The molecule has 0 atom stereocenters. The summed E-state index contributed by atoms with van der Waals surface area (Å²) in [5.41, 5.74) is 2.50. The summed E-state index contributed by atoms with van der Waals surface area (Å²) in [7, 11) is 1.55. The molecule has 0 bridgehead atoms. The highest BCUT2D eigenvalue weighted by Crippen LogP contribution is 2.30. The molecule has 2 N–H and O–H groups in total. The Kier molecular flexibility index (Phi) is 6.80. The second-order valence-corrected chi connectivity index (χ2v) is 7.66. The molecule has 0 saturated carbocycles. The first-order valence-electron chi connectivity index (χ1n) is 9.92. The Morgan fingerprint density at radius 2 is 1.82 bits per heavy atom. The van der Waals surface area contributed by atoms with E-state index in [9.17, 15) is 9.18 Å². The summed E-state index contributed by atoms with van der Waals surface area (Å²) in [5, 5.41) is 5.93. The van der Waals surface area contributed by atoms with Crippen molar-refractivity contribution in [3.05, 3.63) is 84.6 Å². The van der Waals surface area contributed by atoms with Crippen molar-refractivity contribution in [2.75, 3.05) is 24.0 Å². The molecule has 2 aromatic heterocycles. The van der Waals surface area contributed by atoms with Crippen LogP contribution in [0.2, 0.25) is 0 Å². The van der Waals surface area contributed by atoms with E-state index in [1.165, 1.54) is 18.0 Å². The smallest absolute Gasteiger partial charge is 0.255 e. The first kappa shape index (κ1) is 22.2. The molecule has 0 radical (unpaired) electrons. The minimum Gasteiger partial charge on any atom is -0.495 e. The fourth-order valence-electron chi connectivity index (χ4n) is 3.11. The Bertz CT molecular complexity index is 1280. The molecule has 0 fully saturated rings. The van der Waals surface area contributed by atoms with Gasteiger partial charge in [-0.15, -0.1) is 11.8 Å². The lowest BCUT2D eigenvalue weighted by Gasteiger charge is -2.11. The van der Waals surface area contributed by atoms with Gasteiger partial charge in [-0.2, -0.15) is 4.39 Å². The Labute approximate surface area is 194 Å². The van der Waals surface area contributed by atoms with Gasteiger partial charge in [0, 0.05) is 23.6 Å². The number of pyridine rings is 1. The zero-order chi connectivity index (χ0) is 23.2. The first-order chi connectivity index (χ1) is 16.1. The highest BCUT2D eigenvalue weighted by atomic mass is 32.2. The molecule has 166 valence electrons. The van der Waals surface area contributed by atoms with E-state index in [1.807, 2.05) is 18.4 Å². The SMILES string of the molecule is COc1ccccc1NC(=O)c1ccc(Nc2ncc(SC)c(-c3cccnc3F)n2)cc1. The van der Waals surface area contributed by atoms with Crippen LogP contribution in [0.5, 0.6) is 5.75 Å². The number of benzene rings is 2. The Morgan fingerprint density at radius 1 is 1.03 bits per heavy atom. The Hall–Kier alpha value is -3.98. The van der Waals surface area contributed by atoms with E-state index in [1.54, 1.807) is 61.8 Å². The van der Waals surface area contributed by atoms with Crippen molar-refractivity contribution >= 4 is 35.0 Å². The molecule has 0 aliphatic rings. The molecule has 0 aliphatic heterocycles. The molecule has 4 aromatic rings. The minimum atomic E-state index is -0.595. The van der Waals surface area contributed by atoms with E-state index in [4.69, 9.17) is 4.74 Å². The highest BCUT2D eigenvalue weighted by molar-refractivity contribution is 7.98. The van der Waals surface area contributed by atoms with Crippen molar-refractivity contribution in [3.8, 4) is 17.0 Å². The highest BCUT2D eigenvalue weighted by Gasteiger charge is 2.14. The standard InChI is InChI=1S/C24H20FN5O2S/c1-32-19-8-4-3-7-18(19)29-23(31)15-9-11-16(12-10-15)28-24-27-14-20(33-2)21(30-24)17-6-5-13-26-22(17)25/h3-14H,1-2H3,(H,29,31)(H,27,28,30). The van der Waals surface area contributed by atoms with Gasteiger partial charge in [0.15, 0.2) is 0 Å². The normalized spacial score (nSPS) is 10.5. The van der Waals surface area contributed by atoms with Crippen molar-refractivity contribution in [1.82, 2.24) is 15.0 Å². The number of nitrogens with zero attached hydrogens (tertiary/aromatic N) is 3. The van der Waals surface area contributed by atoms with Crippen molar-refractivity contribution in [2.45, 2.75) is 4.90 Å². The second kappa shape index (κ2) is 10.1. The number of ether oxygens (including phenoxy) is 1. The van der Waals surface area contributed by atoms with Crippen LogP contribution >= 0.6 is 11.8 Å². The average Bonchev–Trinajstić information content (AvgIpc) is 2.85. The number of nitrogens with one attached hydrogen (secondary N) is 2. The van der Waals surface area contributed by atoms with Gasteiger partial charge in [0.25, 0.3) is 5.91 Å². The molecule has 0 saturated heterocycles. The van der Waals surface area contributed by atoms with Crippen molar-refractivity contribution in [1.29, 1.82) is 0 Å². The topological polar surface area (TPSA) is 89.0 Å². The van der Waals surface area contributed by atoms with E-state index in [0.29, 0.717) is 39.9 Å². The number of halogens is 1. The van der Waals surface area contributed by atoms with Crippen LogP contribution in [0.25, 0.3) is 11.3 Å². The summed E-state index contributed by atoms with van der Waals surface area (Å²) >= 11 is 1.42. The van der Waals surface area contributed by atoms with E-state index in [2.05, 4.69) is 25.6 Å². The average molecular weight is 462 g/mol. The Morgan fingerprint density at radius 3 is 2.55 bits per heavy atom. The molecule has 7 nitrogen and oxygen atoms in total. The van der Waals surface area contributed by atoms with Gasteiger partial charge in [-0.3, -0.25) is 4.79 Å². The third kappa shape index (κ3) is 5.09. The molecule has 33 heavy (non-hydrogen) atoms. The largest absolute Gasteiger partial charge is 0.495 e. The number of thioether (sulfide) groups is 1. The van der Waals surface area contributed by atoms with Crippen LogP contribution in [0.1, 0.15) is 10.4 Å². The molecule has 0 unspecified atom stereocenters. The number of anilines is 3. The van der Waals surface area contributed by atoms with E-state index in [0.717, 1.165) is 4.90 Å². The molecule has 2 heterocycles. The number of aromatic nitrogens is 3. The maximum Gasteiger partial charge on any atom is 0.255 e. The van der Waals surface area contributed by atoms with Gasteiger partial charge in [0.1, 0.15) is 5.75 Å². The van der Waals surface area contributed by atoms with Gasteiger partial charge in [0.05, 0.1) is 29.0 Å². The molecule has 0 spiro atoms. The fraction of sp³-hybridized carbons (Fsp3) is 0.0833. The summed E-state index contributed by atoms with van der Waals surface area (Å²) in [4.78, 5) is 25.8. The number of carbonyl (C=O) groups excluding carboxylic acids is 1. The van der Waals surface area contributed by atoms with Crippen LogP contribution in [-0.2, 0) is 0 Å². The third-order valence-corrected chi connectivity index (χ3v) is 5.49. The lowest BCUT2D eigenvalue weighted by Crippen LogP contribution is -2.12. The quantitative estimate of drug-likeness (QED) is 0.281. The number of hydrogen-bond donors (Lipinski definition) is 2. The summed E-state index contributed by atoms with van der Waals surface area (Å²) < 4.78 is 19.5. The Balaban J connectivity index is 1.52. The molecular weight excluding hydrogens is 441 g/mol. The molecule has 0 aliphatic carbocycles. The van der Waals surface area contributed by atoms with Crippen LogP contribution in [0.15, 0.2) is 78.0 Å². The lowest BCUT2D eigenvalue weighted by molar-refractivity contribution is 0.102. The van der Waals surface area contributed by atoms with E-state index >= 15 is 0 Å². The number of rotatable bonds is 7. The van der Waals surface area contributed by atoms with Crippen molar-refractivity contribution in [3.63, 3.8) is 0 Å². The predicted molar refractivity (Wildman–Crippen MR) is 128 cm³/mol. The van der Waals surface area contributed by atoms with Crippen LogP contribution in [0.3, 0.4) is 0 Å². The van der Waals surface area contributed by atoms with Crippen LogP contribution in [0.4, 0.5) is 21.7 Å². The second-order valence-electron chi connectivity index (χ2n) is 6.81. The van der Waals surface area contributed by atoms with Crippen LogP contribution < -0.4 is 15.4 Å². The van der Waals surface area contributed by atoms with Crippen molar-refractivity contribution < 1.29 is 13.9 Å². The van der Waals surface area contributed by atoms with Gasteiger partial charge in [-0.05, 0) is 54.8 Å². The first-order valence-corrected chi connectivity index (χ1v) is 11.1. The monoisotopic (exact) mass is 461 g/mol. The number of methoxy groups -OCH3 is 1. The molecular formula is C24H20FN5O2S. The fourth-order valence-corrected chi connectivity index (χ4v) is 3.62. The summed E-state index contributed by atoms with van der Waals surface area (Å²) in [5.74, 6) is 0.0249. The summed E-state index contributed by atoms with van der Waals surface area (Å²) in [6.07, 6.45) is 4.90. The van der Waals surface area contributed by atoms with Crippen molar-refractivity contribution in [2.24, 2.45) is 0 Å². The van der Waals surface area contributed by atoms with E-state index in [-0.39, 0.29) is 5.91 Å². The van der Waals surface area contributed by atoms with Gasteiger partial charge in [-0.25, -0.2) is 15.0 Å². The predicted octanol–water partition coefficient (Wildman–Crippen LogP) is 5.40. The van der Waals surface area contributed by atoms with Gasteiger partial charge in [0.2, 0.25) is 11.9 Å². The number of para-hydroxylation sites is 2. The number of carbonyl (C=O) groups is 1.